The number of hydrogen-bond donors (Lipinski definition) is 1. The van der Waals surface area contributed by atoms with Crippen LogP contribution >= 0.6 is 11.6 Å². The van der Waals surface area contributed by atoms with Crippen LogP contribution in [-0.2, 0) is 11.2 Å². The van der Waals surface area contributed by atoms with Crippen molar-refractivity contribution in [1.29, 1.82) is 0 Å². The Morgan fingerprint density at radius 1 is 0.923 bits per heavy atom. The van der Waals surface area contributed by atoms with E-state index in [9.17, 15) is 14.7 Å². The molecule has 2 amide bonds. The molecule has 1 N–H and O–H groups in total. The number of phenolic OH excluding ortho intramolecular Hbond substituents is 1. The monoisotopic (exact) mass is 372 g/mol. The fraction of sp³-hybridized carbons (Fsp3) is 0.300. The van der Waals surface area contributed by atoms with Gasteiger partial charge in [-0.15, -0.1) is 0 Å². The maximum atomic E-state index is 12.6. The number of aromatic hydroxyl groups is 1. The smallest absolute Gasteiger partial charge is 0.253 e. The summed E-state index contributed by atoms with van der Waals surface area (Å²) in [6.07, 6.45) is 0.893. The Kier molecular flexibility index (Phi) is 5.78. The zero-order valence-electron chi connectivity index (χ0n) is 14.4. The number of rotatable bonds is 3. The van der Waals surface area contributed by atoms with Crippen molar-refractivity contribution in [3.8, 4) is 5.75 Å². The van der Waals surface area contributed by atoms with E-state index >= 15 is 0 Å². The highest BCUT2D eigenvalue weighted by Gasteiger charge is 2.23. The van der Waals surface area contributed by atoms with Crippen LogP contribution in [0.2, 0.25) is 5.02 Å². The first-order valence-electron chi connectivity index (χ1n) is 8.64. The van der Waals surface area contributed by atoms with Crippen LogP contribution in [0.3, 0.4) is 0 Å². The van der Waals surface area contributed by atoms with Crippen molar-refractivity contribution in [2.45, 2.75) is 12.8 Å². The molecule has 0 aliphatic carbocycles. The lowest BCUT2D eigenvalue weighted by molar-refractivity contribution is -0.130. The molecule has 3 rings (SSSR count). The lowest BCUT2D eigenvalue weighted by atomic mass is 10.1. The number of phenols is 1. The Morgan fingerprint density at radius 3 is 2.31 bits per heavy atom. The second-order valence-electron chi connectivity index (χ2n) is 6.34. The zero-order valence-corrected chi connectivity index (χ0v) is 15.2. The Hall–Kier alpha value is -2.53. The van der Waals surface area contributed by atoms with Gasteiger partial charge < -0.3 is 14.9 Å². The number of carbonyl (C=O) groups is 2. The molecule has 0 saturated carbocycles. The Labute approximate surface area is 157 Å². The van der Waals surface area contributed by atoms with Gasteiger partial charge in [0, 0.05) is 42.3 Å². The van der Waals surface area contributed by atoms with Crippen LogP contribution < -0.4 is 0 Å². The Morgan fingerprint density at radius 2 is 1.58 bits per heavy atom. The van der Waals surface area contributed by atoms with E-state index in [1.165, 1.54) is 0 Å². The Balaban J connectivity index is 1.61. The summed E-state index contributed by atoms with van der Waals surface area (Å²) in [6, 6.07) is 13.7. The van der Waals surface area contributed by atoms with E-state index < -0.39 is 0 Å². The number of nitrogens with zero attached hydrogens (tertiary/aromatic N) is 2. The highest BCUT2D eigenvalue weighted by atomic mass is 35.5. The summed E-state index contributed by atoms with van der Waals surface area (Å²) in [6.45, 7) is 2.21. The average Bonchev–Trinajstić information content (AvgIpc) is 2.90. The molecule has 1 heterocycles. The van der Waals surface area contributed by atoms with Crippen molar-refractivity contribution in [2.24, 2.45) is 0 Å². The van der Waals surface area contributed by atoms with Gasteiger partial charge in [0.1, 0.15) is 5.75 Å². The van der Waals surface area contributed by atoms with Crippen LogP contribution in [-0.4, -0.2) is 52.9 Å². The predicted molar refractivity (Wildman–Crippen MR) is 100 cm³/mol. The molecule has 1 aliphatic rings. The van der Waals surface area contributed by atoms with Gasteiger partial charge in [0.2, 0.25) is 5.91 Å². The summed E-state index contributed by atoms with van der Waals surface area (Å²) in [5, 5.41) is 10.4. The molecule has 0 spiro atoms. The third kappa shape index (κ3) is 4.35. The average molecular weight is 373 g/mol. The third-order valence-corrected chi connectivity index (χ3v) is 4.81. The van der Waals surface area contributed by atoms with E-state index in [0.717, 1.165) is 6.42 Å². The van der Waals surface area contributed by atoms with Crippen molar-refractivity contribution < 1.29 is 14.7 Å². The van der Waals surface area contributed by atoms with E-state index in [1.54, 1.807) is 58.3 Å². The third-order valence-electron chi connectivity index (χ3n) is 4.56. The second kappa shape index (κ2) is 8.23. The van der Waals surface area contributed by atoms with Crippen LogP contribution in [0.4, 0.5) is 0 Å². The number of carbonyl (C=O) groups excluding carboxylic acids is 2. The van der Waals surface area contributed by atoms with Crippen LogP contribution in [0.25, 0.3) is 0 Å². The van der Waals surface area contributed by atoms with Crippen molar-refractivity contribution in [2.75, 3.05) is 26.2 Å². The molecule has 0 bridgehead atoms. The number of halogens is 1. The Bertz CT molecular complexity index is 792. The fourth-order valence-corrected chi connectivity index (χ4v) is 3.21. The molecular weight excluding hydrogens is 352 g/mol. The van der Waals surface area contributed by atoms with E-state index in [4.69, 9.17) is 11.6 Å². The molecule has 0 unspecified atom stereocenters. The lowest BCUT2D eigenvalue weighted by Gasteiger charge is -2.22. The molecule has 1 saturated heterocycles. The molecule has 6 heteroatoms. The normalized spacial score (nSPS) is 14.8. The van der Waals surface area contributed by atoms with Gasteiger partial charge in [-0.2, -0.15) is 0 Å². The molecule has 1 fully saturated rings. The summed E-state index contributed by atoms with van der Waals surface area (Å²) < 4.78 is 0. The minimum absolute atomic E-state index is 0.0349. The van der Waals surface area contributed by atoms with E-state index in [0.29, 0.717) is 42.3 Å². The molecule has 136 valence electrons. The first-order valence-corrected chi connectivity index (χ1v) is 9.02. The quantitative estimate of drug-likeness (QED) is 0.901. The predicted octanol–water partition coefficient (Wildman–Crippen LogP) is 2.96. The molecule has 0 radical (unpaired) electrons. The van der Waals surface area contributed by atoms with Gasteiger partial charge in [-0.3, -0.25) is 9.59 Å². The molecule has 2 aromatic rings. The van der Waals surface area contributed by atoms with Gasteiger partial charge in [0.25, 0.3) is 5.91 Å². The van der Waals surface area contributed by atoms with Gasteiger partial charge >= 0.3 is 0 Å². The largest absolute Gasteiger partial charge is 0.508 e. The topological polar surface area (TPSA) is 60.9 Å². The minimum atomic E-state index is -0.0448. The van der Waals surface area contributed by atoms with Crippen molar-refractivity contribution in [3.63, 3.8) is 0 Å². The molecule has 0 aromatic heterocycles. The summed E-state index contributed by atoms with van der Waals surface area (Å²) in [5.74, 6) is 0.0548. The van der Waals surface area contributed by atoms with Crippen molar-refractivity contribution >= 4 is 23.4 Å². The van der Waals surface area contributed by atoms with Crippen LogP contribution in [0.15, 0.2) is 48.5 Å². The van der Waals surface area contributed by atoms with Gasteiger partial charge in [0.05, 0.1) is 6.42 Å². The highest BCUT2D eigenvalue weighted by molar-refractivity contribution is 6.30. The molecule has 0 atom stereocenters. The van der Waals surface area contributed by atoms with Gasteiger partial charge in [-0.25, -0.2) is 0 Å². The number of para-hydroxylation sites is 1. The molecule has 5 nitrogen and oxygen atoms in total. The van der Waals surface area contributed by atoms with Crippen molar-refractivity contribution in [1.82, 2.24) is 9.80 Å². The summed E-state index contributed by atoms with van der Waals surface area (Å²) in [5.41, 5.74) is 1.22. The van der Waals surface area contributed by atoms with E-state index in [2.05, 4.69) is 0 Å². The summed E-state index contributed by atoms with van der Waals surface area (Å²) in [4.78, 5) is 28.7. The zero-order chi connectivity index (χ0) is 18.5. The lowest BCUT2D eigenvalue weighted by Crippen LogP contribution is -2.38. The molecule has 1 aliphatic heterocycles. The van der Waals surface area contributed by atoms with Gasteiger partial charge in [0.15, 0.2) is 0 Å². The first kappa shape index (κ1) is 18.3. The molecule has 26 heavy (non-hydrogen) atoms. The molecular formula is C20H21ClN2O3. The van der Waals surface area contributed by atoms with E-state index in [1.807, 2.05) is 0 Å². The van der Waals surface area contributed by atoms with Crippen LogP contribution in [0, 0.1) is 0 Å². The first-order chi connectivity index (χ1) is 12.5. The van der Waals surface area contributed by atoms with E-state index in [-0.39, 0.29) is 24.0 Å². The highest BCUT2D eigenvalue weighted by Crippen LogP contribution is 2.18. The number of amides is 2. The summed E-state index contributed by atoms with van der Waals surface area (Å²) >= 11 is 5.87. The fourth-order valence-electron chi connectivity index (χ4n) is 3.08. The number of hydrogen-bond acceptors (Lipinski definition) is 3. The second-order valence-corrected chi connectivity index (χ2v) is 6.78. The standard InChI is InChI=1S/C20H21ClN2O3/c21-17-8-6-15(7-9-17)20(26)23-11-3-10-22(12-13-23)19(25)14-16-4-1-2-5-18(16)24/h1-2,4-9,24H,3,10-14H2. The minimum Gasteiger partial charge on any atom is -0.508 e. The number of benzene rings is 2. The van der Waals surface area contributed by atoms with Gasteiger partial charge in [-0.05, 0) is 36.8 Å². The van der Waals surface area contributed by atoms with Crippen LogP contribution in [0.5, 0.6) is 5.75 Å². The van der Waals surface area contributed by atoms with Gasteiger partial charge in [-0.1, -0.05) is 29.8 Å². The maximum absolute atomic E-state index is 12.6. The molecule has 2 aromatic carbocycles. The maximum Gasteiger partial charge on any atom is 0.253 e. The van der Waals surface area contributed by atoms with Crippen LogP contribution in [0.1, 0.15) is 22.3 Å². The SMILES string of the molecule is O=C(Cc1ccccc1O)N1CCCN(C(=O)c2ccc(Cl)cc2)CC1. The van der Waals surface area contributed by atoms with Crippen molar-refractivity contribution in [3.05, 3.63) is 64.7 Å². The summed E-state index contributed by atoms with van der Waals surface area (Å²) in [7, 11) is 0.